The fourth-order valence-corrected chi connectivity index (χ4v) is 4.74. The van der Waals surface area contributed by atoms with E-state index in [9.17, 15) is 9.90 Å². The van der Waals surface area contributed by atoms with Crippen LogP contribution in [0.25, 0.3) is 11.1 Å². The summed E-state index contributed by atoms with van der Waals surface area (Å²) in [6, 6.07) is 13.0. The molecule has 1 aromatic heterocycles. The van der Waals surface area contributed by atoms with Crippen molar-refractivity contribution in [2.24, 2.45) is 5.92 Å². The van der Waals surface area contributed by atoms with Gasteiger partial charge in [0.2, 0.25) is 0 Å². The lowest BCUT2D eigenvalue weighted by molar-refractivity contribution is -0.137. The lowest BCUT2D eigenvalue weighted by atomic mass is 9.88. The second kappa shape index (κ2) is 8.85. The van der Waals surface area contributed by atoms with Gasteiger partial charge in [-0.25, -0.2) is 4.39 Å². The number of fused-ring (bicyclic) bond motifs is 1. The van der Waals surface area contributed by atoms with Crippen molar-refractivity contribution in [2.75, 3.05) is 7.11 Å². The zero-order valence-corrected chi connectivity index (χ0v) is 18.5. The smallest absolute Gasteiger partial charge is 0.303 e. The normalized spacial score (nSPS) is 18.2. The average molecular weight is 448 g/mol. The minimum absolute atomic E-state index is 0.00395. The first-order chi connectivity index (χ1) is 16.0. The van der Waals surface area contributed by atoms with Crippen molar-refractivity contribution >= 4 is 5.97 Å². The van der Waals surface area contributed by atoms with Crippen LogP contribution in [0.4, 0.5) is 4.39 Å². The zero-order valence-electron chi connectivity index (χ0n) is 18.5. The van der Waals surface area contributed by atoms with Gasteiger partial charge in [-0.1, -0.05) is 24.3 Å². The third-order valence-electron chi connectivity index (χ3n) is 6.68. The number of hydrogen-bond acceptors (Lipinski definition) is 4. The van der Waals surface area contributed by atoms with Crippen molar-refractivity contribution in [1.82, 2.24) is 4.98 Å². The highest BCUT2D eigenvalue weighted by Gasteiger charge is 2.34. The Kier molecular flexibility index (Phi) is 5.75. The molecule has 5 rings (SSSR count). The third-order valence-corrected chi connectivity index (χ3v) is 6.68. The lowest BCUT2D eigenvalue weighted by Gasteiger charge is -2.28. The predicted octanol–water partition coefficient (Wildman–Crippen LogP) is 5.93. The maximum absolute atomic E-state index is 15.1. The van der Waals surface area contributed by atoms with Gasteiger partial charge in [0.1, 0.15) is 23.4 Å². The van der Waals surface area contributed by atoms with E-state index in [1.54, 1.807) is 25.6 Å². The molecule has 5 nitrogen and oxygen atoms in total. The van der Waals surface area contributed by atoms with E-state index in [1.165, 1.54) is 6.07 Å². The number of aliphatic carboxylic acids is 1. The Hall–Kier alpha value is -3.41. The van der Waals surface area contributed by atoms with Crippen LogP contribution in [0.2, 0.25) is 0 Å². The number of nitrogens with zero attached hydrogens (tertiary/aromatic N) is 1. The number of carbonyl (C=O) groups is 1. The molecule has 1 aliphatic heterocycles. The number of methoxy groups -OCH3 is 1. The summed E-state index contributed by atoms with van der Waals surface area (Å²) in [5, 5.41) is 9.33. The highest BCUT2D eigenvalue weighted by atomic mass is 19.1. The summed E-state index contributed by atoms with van der Waals surface area (Å²) >= 11 is 0. The number of carboxylic acids is 1. The maximum Gasteiger partial charge on any atom is 0.303 e. The van der Waals surface area contributed by atoms with Crippen LogP contribution < -0.4 is 9.47 Å². The van der Waals surface area contributed by atoms with Gasteiger partial charge < -0.3 is 14.6 Å². The van der Waals surface area contributed by atoms with Crippen molar-refractivity contribution < 1.29 is 23.8 Å². The van der Waals surface area contributed by atoms with E-state index in [0.717, 1.165) is 47.3 Å². The molecule has 0 saturated heterocycles. The fraction of sp³-hybridized carbons (Fsp3) is 0.333. The average Bonchev–Trinajstić information content (AvgIpc) is 3.67. The molecule has 2 aromatic carbocycles. The molecule has 1 fully saturated rings. The number of carboxylic acid groups (broad SMARTS) is 1. The van der Waals surface area contributed by atoms with Gasteiger partial charge in [-0.2, -0.15) is 0 Å². The fourth-order valence-electron chi connectivity index (χ4n) is 4.74. The highest BCUT2D eigenvalue weighted by Crippen LogP contribution is 2.46. The van der Waals surface area contributed by atoms with E-state index < -0.39 is 5.97 Å². The van der Waals surface area contributed by atoms with Gasteiger partial charge in [-0.05, 0) is 72.4 Å². The highest BCUT2D eigenvalue weighted by molar-refractivity contribution is 5.68. The molecular weight excluding hydrogens is 421 g/mol. The molecule has 2 aliphatic rings. The summed E-state index contributed by atoms with van der Waals surface area (Å²) < 4.78 is 26.6. The van der Waals surface area contributed by atoms with Gasteiger partial charge in [0, 0.05) is 17.3 Å². The summed E-state index contributed by atoms with van der Waals surface area (Å²) in [6.45, 7) is 0. The van der Waals surface area contributed by atoms with Gasteiger partial charge in [0.05, 0.1) is 19.7 Å². The first-order valence-corrected chi connectivity index (χ1v) is 11.3. The quantitative estimate of drug-likeness (QED) is 0.486. The van der Waals surface area contributed by atoms with Crippen LogP contribution in [0.1, 0.15) is 54.4 Å². The molecule has 0 radical (unpaired) electrons. The van der Waals surface area contributed by atoms with E-state index >= 15 is 4.39 Å². The van der Waals surface area contributed by atoms with E-state index in [2.05, 4.69) is 4.98 Å². The first kappa shape index (κ1) is 21.4. The van der Waals surface area contributed by atoms with E-state index in [-0.39, 0.29) is 24.3 Å². The molecule has 1 aliphatic carbocycles. The minimum atomic E-state index is -0.781. The second-order valence-electron chi connectivity index (χ2n) is 8.90. The summed E-state index contributed by atoms with van der Waals surface area (Å²) in [6.07, 6.45) is 6.64. The molecule has 2 heterocycles. The van der Waals surface area contributed by atoms with Crippen molar-refractivity contribution in [3.63, 3.8) is 0 Å². The minimum Gasteiger partial charge on any atom is -0.495 e. The van der Waals surface area contributed by atoms with E-state index in [4.69, 9.17) is 9.47 Å². The molecular formula is C27H26FNO4. The third kappa shape index (κ3) is 4.56. The SMILES string of the molecule is COc1cncc(-c2ccc(C3CCc4ccc([C@@H](CC(=O)O)C5CC5)cc4O3)c(F)c2)c1. The number of halogens is 1. The Bertz CT molecular complexity index is 1190. The molecule has 0 amide bonds. The molecule has 3 aromatic rings. The number of ether oxygens (including phenoxy) is 2. The van der Waals surface area contributed by atoms with Crippen LogP contribution in [0.3, 0.4) is 0 Å². The van der Waals surface area contributed by atoms with Gasteiger partial charge in [0.15, 0.2) is 0 Å². The van der Waals surface area contributed by atoms with Crippen LogP contribution in [-0.2, 0) is 11.2 Å². The van der Waals surface area contributed by atoms with Crippen LogP contribution in [0.15, 0.2) is 54.9 Å². The number of hydrogen-bond donors (Lipinski definition) is 1. The van der Waals surface area contributed by atoms with Gasteiger partial charge >= 0.3 is 5.97 Å². The van der Waals surface area contributed by atoms with Crippen molar-refractivity contribution in [3.05, 3.63) is 77.4 Å². The van der Waals surface area contributed by atoms with E-state index in [0.29, 0.717) is 23.7 Å². The molecule has 2 atom stereocenters. The van der Waals surface area contributed by atoms with Gasteiger partial charge in [0.25, 0.3) is 0 Å². The Morgan fingerprint density at radius 3 is 2.73 bits per heavy atom. The Morgan fingerprint density at radius 2 is 2.00 bits per heavy atom. The topological polar surface area (TPSA) is 68.7 Å². The summed E-state index contributed by atoms with van der Waals surface area (Å²) in [4.78, 5) is 15.5. The van der Waals surface area contributed by atoms with Crippen LogP contribution in [0, 0.1) is 11.7 Å². The number of pyridine rings is 1. The number of aromatic nitrogens is 1. The summed E-state index contributed by atoms with van der Waals surface area (Å²) in [7, 11) is 1.57. The molecule has 1 unspecified atom stereocenters. The Labute approximate surface area is 192 Å². The zero-order chi connectivity index (χ0) is 22.9. The molecule has 33 heavy (non-hydrogen) atoms. The summed E-state index contributed by atoms with van der Waals surface area (Å²) in [5.41, 5.74) is 4.11. The van der Waals surface area contributed by atoms with Gasteiger partial charge in [-0.3, -0.25) is 9.78 Å². The molecule has 0 bridgehead atoms. The standard InChI is InChI=1S/C27H26FNO4/c1-32-21-10-20(14-29-15-21)18-6-8-22(24(28)11-18)25-9-7-17-4-5-19(12-26(17)33-25)23(13-27(30)31)16-2-3-16/h4-6,8,10-12,14-16,23,25H,2-3,7,9,13H2,1H3,(H,30,31)/t23-,25?/m0/s1. The second-order valence-corrected chi connectivity index (χ2v) is 8.90. The van der Waals surface area contributed by atoms with Crippen molar-refractivity contribution in [1.29, 1.82) is 0 Å². The van der Waals surface area contributed by atoms with Crippen LogP contribution in [0.5, 0.6) is 11.5 Å². The number of rotatable bonds is 7. The monoisotopic (exact) mass is 447 g/mol. The molecule has 170 valence electrons. The number of aryl methyl sites for hydroxylation is 1. The van der Waals surface area contributed by atoms with Crippen molar-refractivity contribution in [3.8, 4) is 22.6 Å². The Balaban J connectivity index is 1.38. The van der Waals surface area contributed by atoms with E-state index in [1.807, 2.05) is 30.3 Å². The molecule has 0 spiro atoms. The first-order valence-electron chi connectivity index (χ1n) is 11.3. The van der Waals surface area contributed by atoms with Gasteiger partial charge in [-0.15, -0.1) is 0 Å². The molecule has 6 heteroatoms. The largest absolute Gasteiger partial charge is 0.495 e. The Morgan fingerprint density at radius 1 is 1.15 bits per heavy atom. The number of benzene rings is 2. The lowest BCUT2D eigenvalue weighted by Crippen LogP contribution is -2.17. The van der Waals surface area contributed by atoms with Crippen LogP contribution >= 0.6 is 0 Å². The molecule has 1 saturated carbocycles. The summed E-state index contributed by atoms with van der Waals surface area (Å²) in [5.74, 6) is 0.685. The van der Waals surface area contributed by atoms with Crippen molar-refractivity contribution in [2.45, 2.75) is 44.1 Å². The maximum atomic E-state index is 15.1. The van der Waals surface area contributed by atoms with Crippen LogP contribution in [-0.4, -0.2) is 23.2 Å². The molecule has 1 N–H and O–H groups in total. The predicted molar refractivity (Wildman–Crippen MR) is 122 cm³/mol.